The minimum Gasteiger partial charge on any atom is -0.508 e. The molecule has 0 radical (unpaired) electrons. The third kappa shape index (κ3) is 3.62. The summed E-state index contributed by atoms with van der Waals surface area (Å²) in [6.07, 6.45) is 7.13. The molecule has 158 valence electrons. The van der Waals surface area contributed by atoms with Gasteiger partial charge in [-0.05, 0) is 66.6 Å². The summed E-state index contributed by atoms with van der Waals surface area (Å²) in [5, 5.41) is 13.2. The minimum atomic E-state index is -3.59. The molecule has 4 unspecified atom stereocenters. The maximum atomic E-state index is 12.9. The first-order valence-electron chi connectivity index (χ1n) is 10.5. The van der Waals surface area contributed by atoms with E-state index >= 15 is 0 Å². The largest absolute Gasteiger partial charge is 0.508 e. The number of allylic oxidation sites excluding steroid dienone is 2. The number of anilines is 1. The van der Waals surface area contributed by atoms with Crippen LogP contribution in [0, 0.1) is 5.92 Å². The maximum absolute atomic E-state index is 12.9. The fraction of sp³-hybridized carbons (Fsp3) is 0.391. The Labute approximate surface area is 177 Å². The highest BCUT2D eigenvalue weighted by molar-refractivity contribution is 7.89. The molecule has 5 rings (SSSR count). The van der Waals surface area contributed by atoms with Crippen molar-refractivity contribution in [3.63, 3.8) is 0 Å². The van der Waals surface area contributed by atoms with Gasteiger partial charge in [0.2, 0.25) is 10.0 Å². The smallest absolute Gasteiger partial charge is 0.240 e. The summed E-state index contributed by atoms with van der Waals surface area (Å²) in [6.45, 7) is 1.01. The van der Waals surface area contributed by atoms with Crippen LogP contribution in [0.15, 0.2) is 59.5 Å². The Hall–Kier alpha value is -2.35. The molecule has 6 nitrogen and oxygen atoms in total. The van der Waals surface area contributed by atoms with E-state index in [1.807, 2.05) is 18.2 Å². The number of hydrogen-bond donors (Lipinski definition) is 3. The van der Waals surface area contributed by atoms with Gasteiger partial charge in [0.25, 0.3) is 0 Å². The van der Waals surface area contributed by atoms with Crippen molar-refractivity contribution in [2.45, 2.75) is 42.2 Å². The predicted molar refractivity (Wildman–Crippen MR) is 115 cm³/mol. The Morgan fingerprint density at radius 3 is 2.77 bits per heavy atom. The van der Waals surface area contributed by atoms with E-state index < -0.39 is 10.0 Å². The highest BCUT2D eigenvalue weighted by Gasteiger charge is 2.38. The van der Waals surface area contributed by atoms with E-state index in [9.17, 15) is 13.5 Å². The molecule has 2 aromatic carbocycles. The zero-order valence-electron chi connectivity index (χ0n) is 16.6. The fourth-order valence-corrected chi connectivity index (χ4v) is 5.94. The number of fused-ring (bicyclic) bond motifs is 3. The molecule has 4 atom stereocenters. The Morgan fingerprint density at radius 2 is 2.00 bits per heavy atom. The van der Waals surface area contributed by atoms with E-state index in [2.05, 4.69) is 22.2 Å². The van der Waals surface area contributed by atoms with Crippen molar-refractivity contribution in [2.24, 2.45) is 5.92 Å². The Kier molecular flexibility index (Phi) is 5.05. The van der Waals surface area contributed by atoms with Crippen LogP contribution in [-0.2, 0) is 14.8 Å². The van der Waals surface area contributed by atoms with E-state index in [1.165, 1.54) is 0 Å². The molecule has 1 saturated heterocycles. The fourth-order valence-electron chi connectivity index (χ4n) is 4.84. The van der Waals surface area contributed by atoms with Crippen LogP contribution in [0.1, 0.15) is 42.3 Å². The van der Waals surface area contributed by atoms with Crippen molar-refractivity contribution in [3.8, 4) is 5.75 Å². The lowest BCUT2D eigenvalue weighted by Gasteiger charge is -2.37. The van der Waals surface area contributed by atoms with Gasteiger partial charge in [0.1, 0.15) is 5.75 Å². The van der Waals surface area contributed by atoms with Crippen molar-refractivity contribution in [1.82, 2.24) is 4.72 Å². The highest BCUT2D eigenvalue weighted by atomic mass is 32.2. The number of sulfonamides is 1. The molecular weight excluding hydrogens is 400 g/mol. The average molecular weight is 427 g/mol. The first-order chi connectivity index (χ1) is 14.5. The van der Waals surface area contributed by atoms with Crippen molar-refractivity contribution in [2.75, 3.05) is 18.5 Å². The van der Waals surface area contributed by atoms with Crippen molar-refractivity contribution < 1.29 is 18.3 Å². The first-order valence-corrected chi connectivity index (χ1v) is 12.0. The zero-order valence-corrected chi connectivity index (χ0v) is 17.4. The van der Waals surface area contributed by atoms with E-state index in [-0.39, 0.29) is 23.8 Å². The van der Waals surface area contributed by atoms with Crippen LogP contribution in [-0.4, -0.2) is 32.8 Å². The average Bonchev–Trinajstić information content (AvgIpc) is 3.44. The summed E-state index contributed by atoms with van der Waals surface area (Å²) in [5.74, 6) is 0.717. The molecule has 0 saturated carbocycles. The van der Waals surface area contributed by atoms with Crippen molar-refractivity contribution in [3.05, 3.63) is 65.7 Å². The molecule has 2 aromatic rings. The molecule has 0 bridgehead atoms. The number of nitrogens with one attached hydrogen (secondary N) is 2. The molecule has 1 aliphatic carbocycles. The molecule has 0 aromatic heterocycles. The Balaban J connectivity index is 1.42. The maximum Gasteiger partial charge on any atom is 0.240 e. The molecule has 7 heteroatoms. The molecule has 2 heterocycles. The summed E-state index contributed by atoms with van der Waals surface area (Å²) >= 11 is 0. The number of benzene rings is 2. The molecule has 1 fully saturated rings. The lowest BCUT2D eigenvalue weighted by atomic mass is 9.77. The van der Waals surface area contributed by atoms with Crippen LogP contribution in [0.3, 0.4) is 0 Å². The Morgan fingerprint density at radius 1 is 1.17 bits per heavy atom. The number of ether oxygens (including phenoxy) is 1. The number of rotatable bonds is 5. The standard InChI is InChI=1S/C23H26N2O4S/c26-16-8-6-15(7-9-16)23-20-5-1-4-19(20)21-13-18(10-11-22(21)25-23)30(27,28)24-14-17-3-2-12-29-17/h1,4,6-11,13,17,19-20,23-26H,2-3,5,12,14H2. The lowest BCUT2D eigenvalue weighted by Crippen LogP contribution is -2.32. The van der Waals surface area contributed by atoms with Crippen LogP contribution in [0.25, 0.3) is 0 Å². The predicted octanol–water partition coefficient (Wildman–Crippen LogP) is 3.68. The van der Waals surface area contributed by atoms with Gasteiger partial charge in [0, 0.05) is 24.8 Å². The van der Waals surface area contributed by atoms with E-state index in [1.54, 1.807) is 24.3 Å². The first kappa shape index (κ1) is 19.6. The number of phenolic OH excluding ortho intramolecular Hbond substituents is 1. The van der Waals surface area contributed by atoms with Gasteiger partial charge in [0.05, 0.1) is 17.0 Å². The SMILES string of the molecule is O=S(=O)(NCC1CCCO1)c1ccc2c(c1)C1C=CCC1C(c1ccc(O)cc1)N2. The summed E-state index contributed by atoms with van der Waals surface area (Å²) in [7, 11) is -3.59. The molecular formula is C23H26N2O4S. The molecule has 2 aliphatic heterocycles. The van der Waals surface area contributed by atoms with Gasteiger partial charge < -0.3 is 15.2 Å². The monoisotopic (exact) mass is 426 g/mol. The highest BCUT2D eigenvalue weighted by Crippen LogP contribution is 2.50. The van der Waals surface area contributed by atoms with Crippen molar-refractivity contribution in [1.29, 1.82) is 0 Å². The van der Waals surface area contributed by atoms with Crippen molar-refractivity contribution >= 4 is 15.7 Å². The van der Waals surface area contributed by atoms with Crippen LogP contribution < -0.4 is 10.0 Å². The zero-order chi connectivity index (χ0) is 20.7. The van der Waals surface area contributed by atoms with Gasteiger partial charge in [-0.25, -0.2) is 13.1 Å². The van der Waals surface area contributed by atoms with E-state index in [4.69, 9.17) is 4.74 Å². The third-order valence-electron chi connectivity index (χ3n) is 6.42. The molecule has 3 N–H and O–H groups in total. The van der Waals surface area contributed by atoms with Gasteiger partial charge in [-0.1, -0.05) is 24.3 Å². The third-order valence-corrected chi connectivity index (χ3v) is 7.84. The second kappa shape index (κ2) is 7.72. The molecule has 0 amide bonds. The van der Waals surface area contributed by atoms with Crippen LogP contribution >= 0.6 is 0 Å². The summed E-state index contributed by atoms with van der Waals surface area (Å²) in [6, 6.07) is 12.8. The number of phenols is 1. The van der Waals surface area contributed by atoms with Gasteiger partial charge >= 0.3 is 0 Å². The van der Waals surface area contributed by atoms with Crippen LogP contribution in [0.5, 0.6) is 5.75 Å². The van der Waals surface area contributed by atoms with Gasteiger partial charge in [-0.15, -0.1) is 0 Å². The van der Waals surface area contributed by atoms with Gasteiger partial charge in [-0.3, -0.25) is 0 Å². The Bertz CT molecular complexity index is 1060. The summed E-state index contributed by atoms with van der Waals surface area (Å²) in [4.78, 5) is 0.295. The lowest BCUT2D eigenvalue weighted by molar-refractivity contribution is 0.114. The van der Waals surface area contributed by atoms with Crippen LogP contribution in [0.2, 0.25) is 0 Å². The molecule has 30 heavy (non-hydrogen) atoms. The van der Waals surface area contributed by atoms with E-state index in [0.717, 1.165) is 36.1 Å². The second-order valence-electron chi connectivity index (χ2n) is 8.30. The van der Waals surface area contributed by atoms with E-state index in [0.29, 0.717) is 24.0 Å². The molecule has 3 aliphatic rings. The topological polar surface area (TPSA) is 87.7 Å². The number of aromatic hydroxyl groups is 1. The number of hydrogen-bond acceptors (Lipinski definition) is 5. The summed E-state index contributed by atoms with van der Waals surface area (Å²) in [5.41, 5.74) is 3.09. The summed E-state index contributed by atoms with van der Waals surface area (Å²) < 4.78 is 34.0. The van der Waals surface area contributed by atoms with Gasteiger partial charge in [0.15, 0.2) is 0 Å². The minimum absolute atomic E-state index is 0.0349. The second-order valence-corrected chi connectivity index (χ2v) is 10.1. The normalized spacial score (nSPS) is 27.5. The van der Waals surface area contributed by atoms with Crippen LogP contribution in [0.4, 0.5) is 5.69 Å². The quantitative estimate of drug-likeness (QED) is 0.635. The van der Waals surface area contributed by atoms with Gasteiger partial charge in [-0.2, -0.15) is 0 Å². The molecule has 0 spiro atoms.